The Bertz CT molecular complexity index is 152. The van der Waals surface area contributed by atoms with Crippen molar-refractivity contribution in [2.75, 3.05) is 13.2 Å². The molecule has 1 atom stereocenters. The third-order valence-electron chi connectivity index (χ3n) is 2.29. The second kappa shape index (κ2) is 9.26. The van der Waals surface area contributed by atoms with Crippen LogP contribution in [0.15, 0.2) is 0 Å². The van der Waals surface area contributed by atoms with Crippen LogP contribution in [0.3, 0.4) is 0 Å². The van der Waals surface area contributed by atoms with Crippen molar-refractivity contribution in [3.63, 3.8) is 0 Å². The van der Waals surface area contributed by atoms with Crippen LogP contribution in [0.2, 0.25) is 0 Å². The van der Waals surface area contributed by atoms with Gasteiger partial charge in [-0.25, -0.2) is 0 Å². The first kappa shape index (κ1) is 15.0. The molecule has 4 heteroatoms. The lowest BCUT2D eigenvalue weighted by Crippen LogP contribution is -2.29. The van der Waals surface area contributed by atoms with E-state index < -0.39 is 14.0 Å². The molecule has 90 valence electrons. The molecule has 0 spiro atoms. The summed E-state index contributed by atoms with van der Waals surface area (Å²) in [6.07, 6.45) is 4.78. The van der Waals surface area contributed by atoms with Crippen LogP contribution in [0.4, 0.5) is 0 Å². The van der Waals surface area contributed by atoms with Crippen LogP contribution in [0, 0.1) is 0 Å². The summed E-state index contributed by atoms with van der Waals surface area (Å²) in [7, 11) is -0.553. The molecular formula is C11H24O3P+. The van der Waals surface area contributed by atoms with Gasteiger partial charge >= 0.3 is 14.0 Å². The highest BCUT2D eigenvalue weighted by Crippen LogP contribution is 2.30. The Morgan fingerprint density at radius 3 is 1.73 bits per heavy atom. The molecule has 0 rings (SSSR count). The average Bonchev–Trinajstić information content (AvgIpc) is 2.28. The van der Waals surface area contributed by atoms with Crippen LogP contribution in [-0.2, 0) is 14.0 Å². The monoisotopic (exact) mass is 235 g/mol. The summed E-state index contributed by atoms with van der Waals surface area (Å²) >= 11 is 0. The van der Waals surface area contributed by atoms with Crippen LogP contribution in [0.1, 0.15) is 52.9 Å². The highest BCUT2D eigenvalue weighted by atomic mass is 31.1. The average molecular weight is 235 g/mol. The molecule has 0 N–H and O–H groups in total. The van der Waals surface area contributed by atoms with E-state index in [0.29, 0.717) is 19.6 Å². The second-order valence-corrected chi connectivity index (χ2v) is 4.58. The Kier molecular flexibility index (Phi) is 9.27. The van der Waals surface area contributed by atoms with E-state index in [1.807, 2.05) is 6.92 Å². The van der Waals surface area contributed by atoms with Crippen molar-refractivity contribution in [2.45, 2.75) is 58.4 Å². The van der Waals surface area contributed by atoms with Gasteiger partial charge in [0.2, 0.25) is 0 Å². The van der Waals surface area contributed by atoms with Gasteiger partial charge in [-0.1, -0.05) is 38.2 Å². The molecule has 0 bridgehead atoms. The topological polar surface area (TPSA) is 35.5 Å². The highest BCUT2D eigenvalue weighted by molar-refractivity contribution is 7.25. The molecular weight excluding hydrogens is 211 g/mol. The normalized spacial score (nSPS) is 12.2. The van der Waals surface area contributed by atoms with Crippen molar-refractivity contribution in [3.05, 3.63) is 0 Å². The third kappa shape index (κ3) is 6.24. The molecule has 0 heterocycles. The quantitative estimate of drug-likeness (QED) is 0.329. The van der Waals surface area contributed by atoms with E-state index in [1.165, 1.54) is 0 Å². The Morgan fingerprint density at radius 1 is 1.00 bits per heavy atom. The van der Waals surface area contributed by atoms with E-state index >= 15 is 0 Å². The number of hydrogen-bond donors (Lipinski definition) is 0. The van der Waals surface area contributed by atoms with Crippen LogP contribution in [-0.4, -0.2) is 18.7 Å². The van der Waals surface area contributed by atoms with Crippen LogP contribution < -0.4 is 0 Å². The Labute approximate surface area is 94.7 Å². The summed E-state index contributed by atoms with van der Waals surface area (Å²) in [6.45, 7) is 7.42. The van der Waals surface area contributed by atoms with Crippen molar-refractivity contribution in [1.82, 2.24) is 0 Å². The van der Waals surface area contributed by atoms with Crippen molar-refractivity contribution < 1.29 is 14.0 Å². The molecule has 0 aromatic heterocycles. The van der Waals surface area contributed by atoms with E-state index in [9.17, 15) is 4.57 Å². The smallest absolute Gasteiger partial charge is 0.310 e. The van der Waals surface area contributed by atoms with Gasteiger partial charge in [-0.3, -0.25) is 0 Å². The molecule has 0 saturated heterocycles. The maximum Gasteiger partial charge on any atom is 0.391 e. The predicted molar refractivity (Wildman–Crippen MR) is 63.7 cm³/mol. The van der Waals surface area contributed by atoms with Gasteiger partial charge in [0, 0.05) is 6.42 Å². The van der Waals surface area contributed by atoms with Gasteiger partial charge < -0.3 is 9.47 Å². The number of rotatable bonds is 10. The summed E-state index contributed by atoms with van der Waals surface area (Å²) in [5.74, 6) is 0. The summed E-state index contributed by atoms with van der Waals surface area (Å²) < 4.78 is 22.3. The second-order valence-electron chi connectivity index (χ2n) is 3.61. The summed E-state index contributed by atoms with van der Waals surface area (Å²) in [6, 6.07) is 0. The van der Waals surface area contributed by atoms with E-state index in [4.69, 9.17) is 9.47 Å². The lowest BCUT2D eigenvalue weighted by Gasteiger charge is -2.19. The largest absolute Gasteiger partial charge is 0.391 e. The van der Waals surface area contributed by atoms with Crippen molar-refractivity contribution >= 4 is 8.46 Å². The fraction of sp³-hybridized carbons (Fsp3) is 1.00. The predicted octanol–water partition coefficient (Wildman–Crippen LogP) is 3.71. The standard InChI is InChI=1S/C11H23O3P/c1-4-7-9-13-11(6-3,15-12)14-10-8-5-2/h4-10H2,1-3H3/p+1. The molecule has 3 nitrogen and oxygen atoms in total. The fourth-order valence-corrected chi connectivity index (χ4v) is 1.61. The lowest BCUT2D eigenvalue weighted by atomic mass is 10.3. The van der Waals surface area contributed by atoms with E-state index in [1.54, 1.807) is 0 Å². The third-order valence-corrected chi connectivity index (χ3v) is 3.24. The fourth-order valence-electron chi connectivity index (χ4n) is 1.14. The van der Waals surface area contributed by atoms with E-state index in [-0.39, 0.29) is 0 Å². The minimum absolute atomic E-state index is 0.553. The Hall–Kier alpha value is 0.0200. The van der Waals surface area contributed by atoms with E-state index in [2.05, 4.69) is 13.8 Å². The number of ether oxygens (including phenoxy) is 2. The zero-order valence-corrected chi connectivity index (χ0v) is 11.2. The van der Waals surface area contributed by atoms with Gasteiger partial charge in [0.05, 0.1) is 13.2 Å². The van der Waals surface area contributed by atoms with Crippen LogP contribution >= 0.6 is 8.46 Å². The van der Waals surface area contributed by atoms with Crippen LogP contribution in [0.25, 0.3) is 0 Å². The number of hydrogen-bond acceptors (Lipinski definition) is 3. The Morgan fingerprint density at radius 2 is 1.47 bits per heavy atom. The van der Waals surface area contributed by atoms with Gasteiger partial charge in [0.15, 0.2) is 0 Å². The van der Waals surface area contributed by atoms with Crippen LogP contribution in [0.5, 0.6) is 0 Å². The molecule has 0 fully saturated rings. The summed E-state index contributed by atoms with van der Waals surface area (Å²) in [5, 5.41) is 0. The molecule has 15 heavy (non-hydrogen) atoms. The van der Waals surface area contributed by atoms with Crippen molar-refractivity contribution in [2.24, 2.45) is 0 Å². The molecule has 0 aliphatic rings. The first-order valence-corrected chi connectivity index (χ1v) is 6.82. The van der Waals surface area contributed by atoms with Gasteiger partial charge in [0.1, 0.15) is 0 Å². The highest BCUT2D eigenvalue weighted by Gasteiger charge is 2.39. The van der Waals surface area contributed by atoms with Gasteiger partial charge in [0.25, 0.3) is 0 Å². The van der Waals surface area contributed by atoms with Gasteiger partial charge in [-0.2, -0.15) is 0 Å². The minimum atomic E-state index is -0.843. The zero-order chi connectivity index (χ0) is 11.6. The Balaban J connectivity index is 3.99. The lowest BCUT2D eigenvalue weighted by molar-refractivity contribution is -0.177. The first-order chi connectivity index (χ1) is 7.24. The first-order valence-electron chi connectivity index (χ1n) is 5.91. The maximum atomic E-state index is 11.1. The van der Waals surface area contributed by atoms with Gasteiger partial charge in [-0.05, 0) is 12.8 Å². The molecule has 0 aromatic rings. The molecule has 1 unspecified atom stereocenters. The molecule has 0 aliphatic carbocycles. The van der Waals surface area contributed by atoms with E-state index in [0.717, 1.165) is 25.7 Å². The summed E-state index contributed by atoms with van der Waals surface area (Å²) in [4.78, 5) is 0. The molecule has 0 amide bonds. The minimum Gasteiger partial charge on any atom is -0.310 e. The maximum absolute atomic E-state index is 11.1. The van der Waals surface area contributed by atoms with Crippen molar-refractivity contribution in [3.8, 4) is 0 Å². The zero-order valence-electron chi connectivity index (χ0n) is 10.2. The van der Waals surface area contributed by atoms with Gasteiger partial charge in [-0.15, -0.1) is 0 Å². The molecule has 0 radical (unpaired) electrons. The summed E-state index contributed by atoms with van der Waals surface area (Å²) in [5.41, 5.74) is -0.843. The molecule has 0 saturated carbocycles. The number of unbranched alkanes of at least 4 members (excludes halogenated alkanes) is 2. The SMILES string of the molecule is CCCCOC(CC)(OCCCC)[PH+]=O. The molecule has 0 aromatic carbocycles. The van der Waals surface area contributed by atoms with Crippen molar-refractivity contribution in [1.29, 1.82) is 0 Å². The molecule has 0 aliphatic heterocycles.